The lowest BCUT2D eigenvalue weighted by Crippen LogP contribution is -2.43. The summed E-state index contributed by atoms with van der Waals surface area (Å²) in [7, 11) is 0. The fraction of sp³-hybridized carbons (Fsp3) is 0.556. The predicted molar refractivity (Wildman–Crippen MR) is 92.2 cm³/mol. The summed E-state index contributed by atoms with van der Waals surface area (Å²) in [6, 6.07) is 5.57. The lowest BCUT2D eigenvalue weighted by atomic mass is 9.97. The fourth-order valence-corrected chi connectivity index (χ4v) is 2.78. The Balaban J connectivity index is 1.71. The normalized spacial score (nSPS) is 15.4. The number of urea groups is 1. The SMILES string of the molecule is CC(C)CC(=O)NCC1CCN(C(=O)Nc2ccc(F)cc2)CC1. The van der Waals surface area contributed by atoms with Gasteiger partial charge in [-0.15, -0.1) is 0 Å². The summed E-state index contributed by atoms with van der Waals surface area (Å²) < 4.78 is 12.9. The van der Waals surface area contributed by atoms with E-state index in [1.165, 1.54) is 12.1 Å². The minimum absolute atomic E-state index is 0.0986. The molecule has 1 aromatic carbocycles. The first-order valence-electron chi connectivity index (χ1n) is 8.52. The Morgan fingerprint density at radius 2 is 1.83 bits per heavy atom. The monoisotopic (exact) mass is 335 g/mol. The molecule has 6 heteroatoms. The molecule has 1 heterocycles. The van der Waals surface area contributed by atoms with E-state index < -0.39 is 0 Å². The van der Waals surface area contributed by atoms with Crippen LogP contribution >= 0.6 is 0 Å². The van der Waals surface area contributed by atoms with Crippen LogP contribution in [0, 0.1) is 17.7 Å². The van der Waals surface area contributed by atoms with Crippen molar-refractivity contribution in [3.63, 3.8) is 0 Å². The summed E-state index contributed by atoms with van der Waals surface area (Å²) in [4.78, 5) is 25.6. The van der Waals surface area contributed by atoms with Crippen LogP contribution in [-0.2, 0) is 4.79 Å². The summed E-state index contributed by atoms with van der Waals surface area (Å²) >= 11 is 0. The average Bonchev–Trinajstić information content (AvgIpc) is 2.55. The van der Waals surface area contributed by atoms with Gasteiger partial charge in [0.15, 0.2) is 0 Å². The quantitative estimate of drug-likeness (QED) is 0.868. The average molecular weight is 335 g/mol. The smallest absolute Gasteiger partial charge is 0.321 e. The molecule has 0 unspecified atom stereocenters. The zero-order valence-corrected chi connectivity index (χ0v) is 14.3. The van der Waals surface area contributed by atoms with Crippen molar-refractivity contribution in [2.45, 2.75) is 33.1 Å². The second-order valence-electron chi connectivity index (χ2n) is 6.77. The second-order valence-corrected chi connectivity index (χ2v) is 6.77. The van der Waals surface area contributed by atoms with Crippen LogP contribution < -0.4 is 10.6 Å². The Bertz CT molecular complexity index is 552. The summed E-state index contributed by atoms with van der Waals surface area (Å²) in [6.45, 7) is 6.06. The van der Waals surface area contributed by atoms with Gasteiger partial charge in [-0.05, 0) is 48.9 Å². The van der Waals surface area contributed by atoms with E-state index in [1.54, 1.807) is 17.0 Å². The van der Waals surface area contributed by atoms with Crippen LogP contribution in [0.2, 0.25) is 0 Å². The Morgan fingerprint density at radius 1 is 1.21 bits per heavy atom. The topological polar surface area (TPSA) is 61.4 Å². The Kier molecular flexibility index (Phi) is 6.58. The molecule has 0 aliphatic carbocycles. The number of amides is 3. The van der Waals surface area contributed by atoms with E-state index in [9.17, 15) is 14.0 Å². The first kappa shape index (κ1) is 18.2. The number of carbonyl (C=O) groups excluding carboxylic acids is 2. The van der Waals surface area contributed by atoms with E-state index in [2.05, 4.69) is 10.6 Å². The molecule has 0 bridgehead atoms. The molecule has 5 nitrogen and oxygen atoms in total. The molecule has 1 fully saturated rings. The summed E-state index contributed by atoms with van der Waals surface area (Å²) in [5.41, 5.74) is 0.587. The number of piperidine rings is 1. The molecular weight excluding hydrogens is 309 g/mol. The number of benzene rings is 1. The molecule has 1 aromatic rings. The molecule has 2 rings (SSSR count). The van der Waals surface area contributed by atoms with Gasteiger partial charge < -0.3 is 15.5 Å². The molecule has 0 radical (unpaired) electrons. The lowest BCUT2D eigenvalue weighted by molar-refractivity contribution is -0.122. The van der Waals surface area contributed by atoms with Crippen LogP contribution in [0.5, 0.6) is 0 Å². The largest absolute Gasteiger partial charge is 0.356 e. The second kappa shape index (κ2) is 8.66. The molecule has 0 saturated carbocycles. The third kappa shape index (κ3) is 5.83. The maximum Gasteiger partial charge on any atom is 0.321 e. The Hall–Kier alpha value is -2.11. The van der Waals surface area contributed by atoms with Crippen LogP contribution in [0.15, 0.2) is 24.3 Å². The maximum atomic E-state index is 12.9. The number of halogens is 1. The molecule has 1 saturated heterocycles. The van der Waals surface area contributed by atoms with Gasteiger partial charge >= 0.3 is 6.03 Å². The van der Waals surface area contributed by atoms with Gasteiger partial charge in [0.05, 0.1) is 0 Å². The summed E-state index contributed by atoms with van der Waals surface area (Å²) in [5.74, 6) is 0.549. The van der Waals surface area contributed by atoms with Crippen LogP contribution in [0.3, 0.4) is 0 Å². The van der Waals surface area contributed by atoms with Crippen molar-refractivity contribution in [1.82, 2.24) is 10.2 Å². The summed E-state index contributed by atoms with van der Waals surface area (Å²) in [6.07, 6.45) is 2.30. The zero-order valence-electron chi connectivity index (χ0n) is 14.3. The lowest BCUT2D eigenvalue weighted by Gasteiger charge is -2.32. The zero-order chi connectivity index (χ0) is 17.5. The number of hydrogen-bond donors (Lipinski definition) is 2. The van der Waals surface area contributed by atoms with E-state index in [0.717, 1.165) is 12.8 Å². The highest BCUT2D eigenvalue weighted by Crippen LogP contribution is 2.18. The summed E-state index contributed by atoms with van der Waals surface area (Å²) in [5, 5.41) is 5.76. The van der Waals surface area contributed by atoms with E-state index in [1.807, 2.05) is 13.8 Å². The Morgan fingerprint density at radius 3 is 2.42 bits per heavy atom. The van der Waals surface area contributed by atoms with Gasteiger partial charge in [-0.1, -0.05) is 13.8 Å². The number of nitrogens with zero attached hydrogens (tertiary/aromatic N) is 1. The van der Waals surface area contributed by atoms with E-state index in [-0.39, 0.29) is 17.8 Å². The molecule has 1 aliphatic rings. The number of nitrogens with one attached hydrogen (secondary N) is 2. The number of likely N-dealkylation sites (tertiary alicyclic amines) is 1. The van der Waals surface area contributed by atoms with Gasteiger partial charge in [-0.3, -0.25) is 4.79 Å². The molecule has 2 N–H and O–H groups in total. The van der Waals surface area contributed by atoms with Gasteiger partial charge in [0, 0.05) is 31.7 Å². The van der Waals surface area contributed by atoms with Crippen molar-refractivity contribution in [2.75, 3.05) is 25.0 Å². The highest BCUT2D eigenvalue weighted by atomic mass is 19.1. The first-order valence-corrected chi connectivity index (χ1v) is 8.52. The van der Waals surface area contributed by atoms with Crippen molar-refractivity contribution in [1.29, 1.82) is 0 Å². The van der Waals surface area contributed by atoms with Gasteiger partial charge in [-0.25, -0.2) is 9.18 Å². The van der Waals surface area contributed by atoms with E-state index >= 15 is 0 Å². The van der Waals surface area contributed by atoms with Crippen molar-refractivity contribution < 1.29 is 14.0 Å². The van der Waals surface area contributed by atoms with Crippen molar-refractivity contribution in [3.8, 4) is 0 Å². The molecule has 132 valence electrons. The molecule has 3 amide bonds. The van der Waals surface area contributed by atoms with Crippen LogP contribution in [0.25, 0.3) is 0 Å². The van der Waals surface area contributed by atoms with Gasteiger partial charge in [0.25, 0.3) is 0 Å². The number of carbonyl (C=O) groups is 2. The third-order valence-corrected chi connectivity index (χ3v) is 4.18. The molecule has 1 aliphatic heterocycles. The van der Waals surface area contributed by atoms with Gasteiger partial charge in [0.2, 0.25) is 5.91 Å². The number of hydrogen-bond acceptors (Lipinski definition) is 2. The molecule has 0 aromatic heterocycles. The number of anilines is 1. The molecule has 24 heavy (non-hydrogen) atoms. The number of rotatable bonds is 5. The van der Waals surface area contributed by atoms with E-state index in [0.29, 0.717) is 43.6 Å². The predicted octanol–water partition coefficient (Wildman–Crippen LogP) is 3.23. The minimum atomic E-state index is -0.326. The van der Waals surface area contributed by atoms with Crippen LogP contribution in [-0.4, -0.2) is 36.5 Å². The van der Waals surface area contributed by atoms with Crippen molar-refractivity contribution >= 4 is 17.6 Å². The standard InChI is InChI=1S/C18H26FN3O2/c1-13(2)11-17(23)20-12-14-7-9-22(10-8-14)18(24)21-16-5-3-15(19)4-6-16/h3-6,13-14H,7-12H2,1-2H3,(H,20,23)(H,21,24). The Labute approximate surface area is 142 Å². The fourth-order valence-electron chi connectivity index (χ4n) is 2.78. The minimum Gasteiger partial charge on any atom is -0.356 e. The highest BCUT2D eigenvalue weighted by Gasteiger charge is 2.23. The highest BCUT2D eigenvalue weighted by molar-refractivity contribution is 5.89. The van der Waals surface area contributed by atoms with Crippen LogP contribution in [0.4, 0.5) is 14.9 Å². The van der Waals surface area contributed by atoms with E-state index in [4.69, 9.17) is 0 Å². The van der Waals surface area contributed by atoms with Gasteiger partial charge in [0.1, 0.15) is 5.82 Å². The molecular formula is C18H26FN3O2. The molecule has 0 spiro atoms. The van der Waals surface area contributed by atoms with Crippen molar-refractivity contribution in [2.24, 2.45) is 11.8 Å². The maximum absolute atomic E-state index is 12.9. The first-order chi connectivity index (χ1) is 11.4. The molecule has 0 atom stereocenters. The van der Waals surface area contributed by atoms with Gasteiger partial charge in [-0.2, -0.15) is 0 Å². The third-order valence-electron chi connectivity index (χ3n) is 4.18. The van der Waals surface area contributed by atoms with Crippen molar-refractivity contribution in [3.05, 3.63) is 30.1 Å². The van der Waals surface area contributed by atoms with Crippen LogP contribution in [0.1, 0.15) is 33.1 Å².